The molecule has 1 N–H and O–H groups in total. The second kappa shape index (κ2) is 7.64. The van der Waals surface area contributed by atoms with Crippen molar-refractivity contribution in [3.63, 3.8) is 0 Å². The predicted octanol–water partition coefficient (Wildman–Crippen LogP) is 2.75. The SMILES string of the molecule is CC(C)NC(=O)N1CCCN(C(=O)c2ccc(F)c(Cl)c2)CC1. The summed E-state index contributed by atoms with van der Waals surface area (Å²) in [5, 5.41) is 2.79. The summed E-state index contributed by atoms with van der Waals surface area (Å²) in [6.07, 6.45) is 0.701. The first-order valence-corrected chi connectivity index (χ1v) is 8.06. The molecule has 126 valence electrons. The molecule has 5 nitrogen and oxygen atoms in total. The van der Waals surface area contributed by atoms with Gasteiger partial charge in [-0.1, -0.05) is 11.6 Å². The van der Waals surface area contributed by atoms with E-state index in [9.17, 15) is 14.0 Å². The molecule has 7 heteroatoms. The minimum Gasteiger partial charge on any atom is -0.337 e. The normalized spacial score (nSPS) is 15.5. The van der Waals surface area contributed by atoms with Crippen LogP contribution in [0.1, 0.15) is 30.6 Å². The van der Waals surface area contributed by atoms with E-state index in [1.54, 1.807) is 9.80 Å². The molecule has 0 saturated carbocycles. The fourth-order valence-corrected chi connectivity index (χ4v) is 2.65. The van der Waals surface area contributed by atoms with Gasteiger partial charge in [0.1, 0.15) is 5.82 Å². The van der Waals surface area contributed by atoms with Crippen LogP contribution in [0.15, 0.2) is 18.2 Å². The topological polar surface area (TPSA) is 52.7 Å². The summed E-state index contributed by atoms with van der Waals surface area (Å²) in [4.78, 5) is 27.9. The van der Waals surface area contributed by atoms with Gasteiger partial charge in [-0.2, -0.15) is 0 Å². The number of carbonyl (C=O) groups excluding carboxylic acids is 2. The third kappa shape index (κ3) is 4.58. The number of rotatable bonds is 2. The van der Waals surface area contributed by atoms with Gasteiger partial charge in [0.05, 0.1) is 5.02 Å². The molecule has 0 radical (unpaired) electrons. The van der Waals surface area contributed by atoms with E-state index in [2.05, 4.69) is 5.32 Å². The maximum atomic E-state index is 13.2. The molecule has 23 heavy (non-hydrogen) atoms. The fourth-order valence-electron chi connectivity index (χ4n) is 2.47. The van der Waals surface area contributed by atoms with E-state index in [1.165, 1.54) is 18.2 Å². The van der Waals surface area contributed by atoms with Gasteiger partial charge in [-0.15, -0.1) is 0 Å². The monoisotopic (exact) mass is 341 g/mol. The van der Waals surface area contributed by atoms with Gasteiger partial charge in [0.25, 0.3) is 5.91 Å². The molecule has 0 unspecified atom stereocenters. The Morgan fingerprint density at radius 2 is 1.83 bits per heavy atom. The molecule has 0 spiro atoms. The van der Waals surface area contributed by atoms with E-state index >= 15 is 0 Å². The molecule has 0 aromatic heterocycles. The van der Waals surface area contributed by atoms with E-state index in [-0.39, 0.29) is 23.0 Å². The van der Waals surface area contributed by atoms with Crippen LogP contribution < -0.4 is 5.32 Å². The third-order valence-corrected chi connectivity index (χ3v) is 3.94. The highest BCUT2D eigenvalue weighted by molar-refractivity contribution is 6.31. The first kappa shape index (κ1) is 17.5. The Kier molecular flexibility index (Phi) is 5.82. The maximum absolute atomic E-state index is 13.2. The van der Waals surface area contributed by atoms with Crippen molar-refractivity contribution >= 4 is 23.5 Å². The number of hydrogen-bond acceptors (Lipinski definition) is 2. The van der Waals surface area contributed by atoms with Crippen molar-refractivity contribution in [2.24, 2.45) is 0 Å². The van der Waals surface area contributed by atoms with E-state index in [1.807, 2.05) is 13.8 Å². The first-order valence-electron chi connectivity index (χ1n) is 7.68. The Balaban J connectivity index is 2.00. The Morgan fingerprint density at radius 1 is 1.17 bits per heavy atom. The van der Waals surface area contributed by atoms with Gasteiger partial charge in [0, 0.05) is 37.8 Å². The van der Waals surface area contributed by atoms with E-state index in [4.69, 9.17) is 11.6 Å². The molecule has 0 aliphatic carbocycles. The highest BCUT2D eigenvalue weighted by atomic mass is 35.5. The number of benzene rings is 1. The minimum atomic E-state index is -0.546. The lowest BCUT2D eigenvalue weighted by molar-refractivity contribution is 0.0762. The third-order valence-electron chi connectivity index (χ3n) is 3.65. The Bertz CT molecular complexity index is 595. The van der Waals surface area contributed by atoms with Crippen molar-refractivity contribution in [1.82, 2.24) is 15.1 Å². The van der Waals surface area contributed by atoms with Crippen LogP contribution in [0.3, 0.4) is 0 Å². The van der Waals surface area contributed by atoms with Gasteiger partial charge in [0.2, 0.25) is 0 Å². The highest BCUT2D eigenvalue weighted by Gasteiger charge is 2.23. The number of urea groups is 1. The summed E-state index contributed by atoms with van der Waals surface area (Å²) in [7, 11) is 0. The van der Waals surface area contributed by atoms with Crippen molar-refractivity contribution in [2.75, 3.05) is 26.2 Å². The molecule has 1 fully saturated rings. The molecule has 1 heterocycles. The van der Waals surface area contributed by atoms with Gasteiger partial charge < -0.3 is 15.1 Å². The van der Waals surface area contributed by atoms with Crippen molar-refractivity contribution in [1.29, 1.82) is 0 Å². The molecular formula is C16H21ClFN3O2. The summed E-state index contributed by atoms with van der Waals surface area (Å²) in [5.41, 5.74) is 0.358. The first-order chi connectivity index (χ1) is 10.9. The largest absolute Gasteiger partial charge is 0.337 e. The molecule has 1 aromatic rings. The van der Waals surface area contributed by atoms with Crippen LogP contribution in [0.5, 0.6) is 0 Å². The quantitative estimate of drug-likeness (QED) is 0.899. The van der Waals surface area contributed by atoms with Gasteiger partial charge in [0.15, 0.2) is 0 Å². The standard InChI is InChI=1S/C16H21ClFN3O2/c1-11(2)19-16(23)21-7-3-6-20(8-9-21)15(22)12-4-5-14(18)13(17)10-12/h4-5,10-11H,3,6-9H2,1-2H3,(H,19,23). The second-order valence-corrected chi connectivity index (χ2v) is 6.27. The van der Waals surface area contributed by atoms with Gasteiger partial charge in [-0.3, -0.25) is 4.79 Å². The zero-order valence-electron chi connectivity index (χ0n) is 13.3. The summed E-state index contributed by atoms with van der Waals surface area (Å²) in [6, 6.07) is 3.92. The zero-order valence-corrected chi connectivity index (χ0v) is 14.1. The Hall–Kier alpha value is -1.82. The summed E-state index contributed by atoms with van der Waals surface area (Å²) < 4.78 is 13.2. The lowest BCUT2D eigenvalue weighted by Crippen LogP contribution is -2.44. The van der Waals surface area contributed by atoms with E-state index in [0.717, 1.165) is 0 Å². The van der Waals surface area contributed by atoms with Crippen molar-refractivity contribution in [2.45, 2.75) is 26.3 Å². The average Bonchev–Trinajstić information content (AvgIpc) is 2.74. The molecule has 1 saturated heterocycles. The number of hydrogen-bond donors (Lipinski definition) is 1. The number of nitrogens with one attached hydrogen (secondary N) is 1. The second-order valence-electron chi connectivity index (χ2n) is 5.87. The smallest absolute Gasteiger partial charge is 0.317 e. The van der Waals surface area contributed by atoms with Crippen molar-refractivity contribution < 1.29 is 14.0 Å². The zero-order chi connectivity index (χ0) is 17.0. The molecular weight excluding hydrogens is 321 g/mol. The van der Waals surface area contributed by atoms with Crippen LogP contribution >= 0.6 is 11.6 Å². The maximum Gasteiger partial charge on any atom is 0.317 e. The molecule has 1 aliphatic heterocycles. The average molecular weight is 342 g/mol. The number of carbonyl (C=O) groups is 2. The summed E-state index contributed by atoms with van der Waals surface area (Å²) in [6.45, 7) is 5.89. The Morgan fingerprint density at radius 3 is 2.48 bits per heavy atom. The summed E-state index contributed by atoms with van der Waals surface area (Å²) in [5.74, 6) is -0.742. The van der Waals surface area contributed by atoms with Crippen molar-refractivity contribution in [3.8, 4) is 0 Å². The highest BCUT2D eigenvalue weighted by Crippen LogP contribution is 2.18. The molecule has 3 amide bonds. The van der Waals surface area contributed by atoms with Crippen LogP contribution in [0.25, 0.3) is 0 Å². The van der Waals surface area contributed by atoms with E-state index in [0.29, 0.717) is 38.2 Å². The minimum absolute atomic E-state index is 0.0661. The molecule has 1 aromatic carbocycles. The molecule has 1 aliphatic rings. The lowest BCUT2D eigenvalue weighted by atomic mass is 10.2. The van der Waals surface area contributed by atoms with Crippen LogP contribution in [0.4, 0.5) is 9.18 Å². The van der Waals surface area contributed by atoms with Crippen LogP contribution in [0.2, 0.25) is 5.02 Å². The van der Waals surface area contributed by atoms with Gasteiger partial charge >= 0.3 is 6.03 Å². The van der Waals surface area contributed by atoms with E-state index < -0.39 is 5.82 Å². The van der Waals surface area contributed by atoms with Crippen LogP contribution in [-0.2, 0) is 0 Å². The number of amides is 3. The molecule has 2 rings (SSSR count). The lowest BCUT2D eigenvalue weighted by Gasteiger charge is -2.23. The summed E-state index contributed by atoms with van der Waals surface area (Å²) >= 11 is 5.74. The van der Waals surface area contributed by atoms with Gasteiger partial charge in [-0.05, 0) is 38.5 Å². The molecule has 0 atom stereocenters. The molecule has 0 bridgehead atoms. The predicted molar refractivity (Wildman–Crippen MR) is 87.2 cm³/mol. The van der Waals surface area contributed by atoms with Crippen LogP contribution in [-0.4, -0.2) is 54.0 Å². The number of nitrogens with zero attached hydrogens (tertiary/aromatic N) is 2. The Labute approximate surface area is 140 Å². The number of halogens is 2. The van der Waals surface area contributed by atoms with Crippen molar-refractivity contribution in [3.05, 3.63) is 34.6 Å². The van der Waals surface area contributed by atoms with Gasteiger partial charge in [-0.25, -0.2) is 9.18 Å². The fraction of sp³-hybridized carbons (Fsp3) is 0.500. The van der Waals surface area contributed by atoms with Crippen LogP contribution in [0, 0.1) is 5.82 Å².